The molecule has 1 N–H and O–H groups in total. The number of sulfonamides is 1. The van der Waals surface area contributed by atoms with E-state index >= 15 is 0 Å². The lowest BCUT2D eigenvalue weighted by molar-refractivity contribution is -0.142. The molecule has 0 spiro atoms. The number of carbonyl (C=O) groups excluding carboxylic acids is 2. The van der Waals surface area contributed by atoms with Crippen LogP contribution in [0.2, 0.25) is 10.0 Å². The van der Waals surface area contributed by atoms with Crippen LogP contribution >= 0.6 is 23.2 Å². The molecule has 1 fully saturated rings. The smallest absolute Gasteiger partial charge is 0.331 e. The molecular weight excluding hydrogens is 479 g/mol. The van der Waals surface area contributed by atoms with Gasteiger partial charge in [-0.05, 0) is 42.0 Å². The van der Waals surface area contributed by atoms with E-state index < -0.39 is 28.5 Å². The standard InChI is InChI=1S/C21H20Cl2N2O6S/c22-16-4-1-15(2-5-16)3-8-21(27)31-14-20(26)24-19-13-17(6-7-18(19)23)32(28,29)25-9-11-30-12-10-25/h1-8,13H,9-12,14H2,(H,24,26)/b8-3+. The van der Waals surface area contributed by atoms with Crippen LogP contribution in [0.3, 0.4) is 0 Å². The number of benzene rings is 2. The topological polar surface area (TPSA) is 102 Å². The number of esters is 1. The molecule has 8 nitrogen and oxygen atoms in total. The van der Waals surface area contributed by atoms with Crippen molar-refractivity contribution in [3.8, 4) is 0 Å². The van der Waals surface area contributed by atoms with Crippen LogP contribution in [0.1, 0.15) is 5.56 Å². The number of anilines is 1. The third-order valence-corrected chi connectivity index (χ3v) is 6.92. The zero-order chi connectivity index (χ0) is 23.1. The fraction of sp³-hybridized carbons (Fsp3) is 0.238. The van der Waals surface area contributed by atoms with E-state index in [0.29, 0.717) is 18.2 Å². The molecule has 2 aromatic carbocycles. The van der Waals surface area contributed by atoms with Gasteiger partial charge in [-0.3, -0.25) is 4.79 Å². The summed E-state index contributed by atoms with van der Waals surface area (Å²) in [6.45, 7) is 0.543. The molecule has 0 unspecified atom stereocenters. The minimum absolute atomic E-state index is 0.0120. The normalized spacial score (nSPS) is 14.9. The SMILES string of the molecule is O=C(COC(=O)/C=C/c1ccc(Cl)cc1)Nc1cc(S(=O)(=O)N2CCOCC2)ccc1Cl. The summed E-state index contributed by atoms with van der Waals surface area (Å²) in [5, 5.41) is 3.18. The molecule has 0 aliphatic carbocycles. The van der Waals surface area contributed by atoms with Crippen LogP contribution in [-0.2, 0) is 29.1 Å². The second-order valence-corrected chi connectivity index (χ2v) is 9.48. The summed E-state index contributed by atoms with van der Waals surface area (Å²) < 4.78 is 37.0. The van der Waals surface area contributed by atoms with E-state index in [-0.39, 0.29) is 28.7 Å². The first-order chi connectivity index (χ1) is 15.3. The highest BCUT2D eigenvalue weighted by molar-refractivity contribution is 7.89. The van der Waals surface area contributed by atoms with Crippen LogP contribution in [0.5, 0.6) is 0 Å². The second kappa shape index (κ2) is 10.9. The quantitative estimate of drug-likeness (QED) is 0.464. The monoisotopic (exact) mass is 498 g/mol. The van der Waals surface area contributed by atoms with Crippen LogP contribution in [0.25, 0.3) is 6.08 Å². The van der Waals surface area contributed by atoms with E-state index in [1.54, 1.807) is 24.3 Å². The summed E-state index contributed by atoms with van der Waals surface area (Å²) in [7, 11) is -3.76. The number of nitrogens with one attached hydrogen (secondary N) is 1. The Morgan fingerprint density at radius 3 is 2.47 bits per heavy atom. The number of amides is 1. The third kappa shape index (κ3) is 6.54. The van der Waals surface area contributed by atoms with E-state index in [1.807, 2.05) is 0 Å². The molecule has 0 radical (unpaired) electrons. The summed E-state index contributed by atoms with van der Waals surface area (Å²) in [6, 6.07) is 10.8. The van der Waals surface area contributed by atoms with Crippen molar-refractivity contribution in [2.45, 2.75) is 4.90 Å². The van der Waals surface area contributed by atoms with Crippen molar-refractivity contribution in [3.63, 3.8) is 0 Å². The maximum atomic E-state index is 12.8. The molecule has 0 aromatic heterocycles. The summed E-state index contributed by atoms with van der Waals surface area (Å²) in [4.78, 5) is 24.0. The van der Waals surface area contributed by atoms with Crippen molar-refractivity contribution in [2.24, 2.45) is 0 Å². The average molecular weight is 499 g/mol. The van der Waals surface area contributed by atoms with E-state index in [4.69, 9.17) is 32.7 Å². The van der Waals surface area contributed by atoms with Gasteiger partial charge in [-0.25, -0.2) is 13.2 Å². The molecule has 1 amide bonds. The van der Waals surface area contributed by atoms with Crippen molar-refractivity contribution in [1.82, 2.24) is 4.31 Å². The molecule has 32 heavy (non-hydrogen) atoms. The Labute approximate surface area is 195 Å². The average Bonchev–Trinajstić information content (AvgIpc) is 2.79. The highest BCUT2D eigenvalue weighted by Crippen LogP contribution is 2.27. The summed E-state index contributed by atoms with van der Waals surface area (Å²) >= 11 is 11.9. The molecule has 11 heteroatoms. The molecule has 3 rings (SSSR count). The lowest BCUT2D eigenvalue weighted by Crippen LogP contribution is -2.40. The van der Waals surface area contributed by atoms with Gasteiger partial charge >= 0.3 is 5.97 Å². The molecule has 0 atom stereocenters. The van der Waals surface area contributed by atoms with Gasteiger partial charge in [0.15, 0.2) is 6.61 Å². The number of rotatable bonds is 7. The van der Waals surface area contributed by atoms with Crippen molar-refractivity contribution in [2.75, 3.05) is 38.2 Å². The van der Waals surface area contributed by atoms with Crippen LogP contribution in [0.4, 0.5) is 5.69 Å². The molecule has 0 saturated carbocycles. The fourth-order valence-corrected chi connectivity index (χ4v) is 4.53. The Morgan fingerprint density at radius 2 is 1.78 bits per heavy atom. The third-order valence-electron chi connectivity index (χ3n) is 4.45. The molecule has 1 heterocycles. The summed E-state index contributed by atoms with van der Waals surface area (Å²) in [5.74, 6) is -1.38. The number of hydrogen-bond acceptors (Lipinski definition) is 6. The zero-order valence-electron chi connectivity index (χ0n) is 16.8. The van der Waals surface area contributed by atoms with E-state index in [0.717, 1.165) is 5.56 Å². The summed E-state index contributed by atoms with van der Waals surface area (Å²) in [5.41, 5.74) is 0.833. The fourth-order valence-electron chi connectivity index (χ4n) is 2.81. The Bertz CT molecular complexity index is 1110. The number of morpholine rings is 1. The number of ether oxygens (including phenoxy) is 2. The van der Waals surface area contributed by atoms with Gasteiger partial charge in [0.1, 0.15) is 0 Å². The van der Waals surface area contributed by atoms with Crippen LogP contribution < -0.4 is 5.32 Å². The maximum Gasteiger partial charge on any atom is 0.331 e. The van der Waals surface area contributed by atoms with E-state index in [1.165, 1.54) is 34.7 Å². The minimum Gasteiger partial charge on any atom is -0.452 e. The second-order valence-electron chi connectivity index (χ2n) is 6.70. The number of carbonyl (C=O) groups is 2. The van der Waals surface area contributed by atoms with Crippen LogP contribution in [0.15, 0.2) is 53.4 Å². The molecule has 170 valence electrons. The molecule has 1 aliphatic rings. The molecule has 2 aromatic rings. The predicted molar refractivity (Wildman–Crippen MR) is 121 cm³/mol. The van der Waals surface area contributed by atoms with Gasteiger partial charge in [-0.2, -0.15) is 4.31 Å². The van der Waals surface area contributed by atoms with Gasteiger partial charge in [0, 0.05) is 24.2 Å². The van der Waals surface area contributed by atoms with Gasteiger partial charge in [0.2, 0.25) is 10.0 Å². The van der Waals surface area contributed by atoms with Crippen molar-refractivity contribution in [3.05, 3.63) is 64.1 Å². The highest BCUT2D eigenvalue weighted by atomic mass is 35.5. The number of halogens is 2. The zero-order valence-corrected chi connectivity index (χ0v) is 19.1. The first kappa shape index (κ1) is 24.2. The largest absolute Gasteiger partial charge is 0.452 e. The Kier molecular flexibility index (Phi) is 8.27. The highest BCUT2D eigenvalue weighted by Gasteiger charge is 2.27. The van der Waals surface area contributed by atoms with Gasteiger partial charge in [0.05, 0.1) is 28.8 Å². The first-order valence-corrected chi connectivity index (χ1v) is 11.7. The van der Waals surface area contributed by atoms with Gasteiger partial charge < -0.3 is 14.8 Å². The van der Waals surface area contributed by atoms with Gasteiger partial charge in [0.25, 0.3) is 5.91 Å². The van der Waals surface area contributed by atoms with Crippen molar-refractivity contribution in [1.29, 1.82) is 0 Å². The Morgan fingerprint density at radius 1 is 1.09 bits per heavy atom. The van der Waals surface area contributed by atoms with Gasteiger partial charge in [-0.1, -0.05) is 35.3 Å². The first-order valence-electron chi connectivity index (χ1n) is 9.53. The van der Waals surface area contributed by atoms with E-state index in [9.17, 15) is 18.0 Å². The van der Waals surface area contributed by atoms with Crippen LogP contribution in [0, 0.1) is 0 Å². The van der Waals surface area contributed by atoms with Crippen molar-refractivity contribution >= 4 is 56.9 Å². The molecule has 1 aliphatic heterocycles. The van der Waals surface area contributed by atoms with Crippen LogP contribution in [-0.4, -0.2) is 57.5 Å². The Balaban J connectivity index is 1.59. The molecular formula is C21H20Cl2N2O6S. The number of hydrogen-bond donors (Lipinski definition) is 1. The van der Waals surface area contributed by atoms with Gasteiger partial charge in [-0.15, -0.1) is 0 Å². The van der Waals surface area contributed by atoms with Crippen molar-refractivity contribution < 1.29 is 27.5 Å². The van der Waals surface area contributed by atoms with E-state index in [2.05, 4.69) is 5.32 Å². The lowest BCUT2D eigenvalue weighted by atomic mass is 10.2. The molecule has 0 bridgehead atoms. The minimum atomic E-state index is -3.76. The maximum absolute atomic E-state index is 12.8. The Hall–Kier alpha value is -2.43. The molecule has 1 saturated heterocycles. The summed E-state index contributed by atoms with van der Waals surface area (Å²) in [6.07, 6.45) is 2.70. The lowest BCUT2D eigenvalue weighted by Gasteiger charge is -2.26. The number of nitrogens with zero attached hydrogens (tertiary/aromatic N) is 1. The predicted octanol–water partition coefficient (Wildman–Crippen LogP) is 3.21.